The Morgan fingerprint density at radius 1 is 0.892 bits per heavy atom. The first-order valence-electron chi connectivity index (χ1n) is 11.6. The summed E-state index contributed by atoms with van der Waals surface area (Å²) in [7, 11) is -3.43. The van der Waals surface area contributed by atoms with Crippen LogP contribution in [0.1, 0.15) is 21.6 Å². The van der Waals surface area contributed by atoms with Gasteiger partial charge >= 0.3 is 0 Å². The summed E-state index contributed by atoms with van der Waals surface area (Å²) in [6.45, 7) is 1.88. The number of aromatic nitrogens is 3. The summed E-state index contributed by atoms with van der Waals surface area (Å²) in [5, 5.41) is 3.71. The van der Waals surface area contributed by atoms with Gasteiger partial charge in [0, 0.05) is 46.9 Å². The molecule has 37 heavy (non-hydrogen) atoms. The van der Waals surface area contributed by atoms with Crippen LogP contribution in [0.4, 0.5) is 0 Å². The number of sulfone groups is 1. The number of nitrogens with one attached hydrogen (secondary N) is 1. The van der Waals surface area contributed by atoms with E-state index in [0.717, 1.165) is 39.5 Å². The average Bonchev–Trinajstić information content (AvgIpc) is 2.91. The second-order valence-corrected chi connectivity index (χ2v) is 10.8. The van der Waals surface area contributed by atoms with E-state index in [1.165, 1.54) is 6.07 Å². The maximum Gasteiger partial charge on any atom is 0.251 e. The molecule has 1 amide bonds. The van der Waals surface area contributed by atoms with Gasteiger partial charge in [-0.3, -0.25) is 14.8 Å². The summed E-state index contributed by atoms with van der Waals surface area (Å²) in [5.74, 6) is -0.374. The van der Waals surface area contributed by atoms with E-state index in [9.17, 15) is 13.2 Å². The van der Waals surface area contributed by atoms with Crippen molar-refractivity contribution in [2.24, 2.45) is 0 Å². The molecule has 0 aliphatic heterocycles. The van der Waals surface area contributed by atoms with E-state index in [0.29, 0.717) is 11.3 Å². The molecule has 7 nitrogen and oxygen atoms in total. The zero-order chi connectivity index (χ0) is 26.0. The van der Waals surface area contributed by atoms with Crippen LogP contribution in [0.2, 0.25) is 0 Å². The van der Waals surface area contributed by atoms with Crippen molar-refractivity contribution in [1.29, 1.82) is 0 Å². The van der Waals surface area contributed by atoms with Crippen LogP contribution in [0.5, 0.6) is 0 Å². The highest BCUT2D eigenvalue weighted by Gasteiger charge is 2.15. The Balaban J connectivity index is 1.37. The number of fused-ring (bicyclic) bond motifs is 1. The third kappa shape index (κ3) is 5.39. The fourth-order valence-electron chi connectivity index (χ4n) is 4.12. The van der Waals surface area contributed by atoms with E-state index in [-0.39, 0.29) is 22.9 Å². The van der Waals surface area contributed by atoms with Crippen LogP contribution in [-0.4, -0.2) is 35.5 Å². The molecule has 0 bridgehead atoms. The number of pyridine rings is 3. The standard InChI is InChI=1S/C29H24N4O3S/c1-19-8-9-22(14-28(19)37(2,35)36)29(34)32-18-25-15-27-24(17-31-25)10-11-26(33-27)21-6-3-5-20(13-21)23-7-4-12-30-16-23/h3-17H,18H2,1-2H3,(H,32,34). The van der Waals surface area contributed by atoms with Gasteiger partial charge in [-0.15, -0.1) is 0 Å². The van der Waals surface area contributed by atoms with Gasteiger partial charge < -0.3 is 5.32 Å². The lowest BCUT2D eigenvalue weighted by atomic mass is 10.0. The first kappa shape index (κ1) is 24.3. The molecule has 5 rings (SSSR count). The van der Waals surface area contributed by atoms with Crippen LogP contribution in [0, 0.1) is 6.92 Å². The van der Waals surface area contributed by atoms with Crippen LogP contribution in [-0.2, 0) is 16.4 Å². The molecule has 0 spiro atoms. The minimum atomic E-state index is -3.43. The minimum absolute atomic E-state index is 0.147. The molecule has 0 atom stereocenters. The fourth-order valence-corrected chi connectivity index (χ4v) is 5.11. The fraction of sp³-hybridized carbons (Fsp3) is 0.103. The Labute approximate surface area is 215 Å². The monoisotopic (exact) mass is 508 g/mol. The lowest BCUT2D eigenvalue weighted by Gasteiger charge is -2.09. The first-order valence-corrected chi connectivity index (χ1v) is 13.5. The summed E-state index contributed by atoms with van der Waals surface area (Å²) >= 11 is 0. The number of hydrogen-bond donors (Lipinski definition) is 1. The zero-order valence-electron chi connectivity index (χ0n) is 20.3. The molecule has 1 N–H and O–H groups in total. The largest absolute Gasteiger partial charge is 0.346 e. The predicted molar refractivity (Wildman–Crippen MR) is 144 cm³/mol. The maximum atomic E-state index is 12.7. The quantitative estimate of drug-likeness (QED) is 0.346. The third-order valence-corrected chi connectivity index (χ3v) is 7.30. The molecule has 8 heteroatoms. The number of aryl methyl sites for hydroxylation is 1. The summed E-state index contributed by atoms with van der Waals surface area (Å²) in [6, 6.07) is 22.5. The van der Waals surface area contributed by atoms with E-state index in [1.54, 1.807) is 31.5 Å². The molecule has 0 unspecified atom stereocenters. The van der Waals surface area contributed by atoms with Gasteiger partial charge in [0.05, 0.1) is 28.3 Å². The SMILES string of the molecule is Cc1ccc(C(=O)NCc2cc3nc(-c4cccc(-c5cccnc5)c4)ccc3cn2)cc1S(C)(=O)=O. The summed E-state index contributed by atoms with van der Waals surface area (Å²) < 4.78 is 24.0. The van der Waals surface area contributed by atoms with Gasteiger partial charge in [-0.25, -0.2) is 13.4 Å². The maximum absolute atomic E-state index is 12.7. The van der Waals surface area contributed by atoms with Gasteiger partial charge in [0.15, 0.2) is 9.84 Å². The van der Waals surface area contributed by atoms with Crippen molar-refractivity contribution in [3.63, 3.8) is 0 Å². The van der Waals surface area contributed by atoms with E-state index < -0.39 is 9.84 Å². The lowest BCUT2D eigenvalue weighted by molar-refractivity contribution is 0.0950. The van der Waals surface area contributed by atoms with E-state index in [4.69, 9.17) is 4.98 Å². The van der Waals surface area contributed by atoms with Crippen molar-refractivity contribution >= 4 is 26.6 Å². The number of hydrogen-bond acceptors (Lipinski definition) is 6. The molecule has 0 aliphatic rings. The van der Waals surface area contributed by atoms with E-state index in [1.807, 2.05) is 54.7 Å². The molecule has 0 saturated heterocycles. The van der Waals surface area contributed by atoms with Crippen LogP contribution in [0.25, 0.3) is 33.3 Å². The van der Waals surface area contributed by atoms with Gasteiger partial charge in [0.2, 0.25) is 0 Å². The zero-order valence-corrected chi connectivity index (χ0v) is 21.2. The highest BCUT2D eigenvalue weighted by atomic mass is 32.2. The van der Waals surface area contributed by atoms with Crippen LogP contribution in [0.15, 0.2) is 96.3 Å². The van der Waals surface area contributed by atoms with Crippen LogP contribution >= 0.6 is 0 Å². The number of benzene rings is 2. The highest BCUT2D eigenvalue weighted by molar-refractivity contribution is 7.90. The number of rotatable bonds is 6. The second kappa shape index (κ2) is 9.91. The number of carbonyl (C=O) groups excluding carboxylic acids is 1. The molecule has 3 heterocycles. The second-order valence-electron chi connectivity index (χ2n) is 8.82. The normalized spacial score (nSPS) is 11.4. The minimum Gasteiger partial charge on any atom is -0.346 e. The molecular formula is C29H24N4O3S. The Morgan fingerprint density at radius 2 is 1.70 bits per heavy atom. The first-order chi connectivity index (χ1) is 17.8. The lowest BCUT2D eigenvalue weighted by Crippen LogP contribution is -2.23. The van der Waals surface area contributed by atoms with Crippen LogP contribution < -0.4 is 5.32 Å². The summed E-state index contributed by atoms with van der Waals surface area (Å²) in [4.78, 5) is 26.3. The van der Waals surface area contributed by atoms with Gasteiger partial charge in [0.1, 0.15) is 0 Å². The number of amides is 1. The smallest absolute Gasteiger partial charge is 0.251 e. The van der Waals surface area contributed by atoms with Gasteiger partial charge in [-0.1, -0.05) is 30.3 Å². The molecule has 0 radical (unpaired) electrons. The topological polar surface area (TPSA) is 102 Å². The van der Waals surface area contributed by atoms with E-state index in [2.05, 4.69) is 21.4 Å². The molecule has 0 saturated carbocycles. The third-order valence-electron chi connectivity index (χ3n) is 6.06. The molecular weight excluding hydrogens is 484 g/mol. The Kier molecular flexibility index (Phi) is 6.50. The highest BCUT2D eigenvalue weighted by Crippen LogP contribution is 2.26. The van der Waals surface area contributed by atoms with Crippen molar-refractivity contribution in [2.75, 3.05) is 6.26 Å². The molecule has 2 aromatic carbocycles. The Bertz CT molecular complexity index is 1740. The molecule has 184 valence electrons. The van der Waals surface area contributed by atoms with Crippen LogP contribution in [0.3, 0.4) is 0 Å². The number of carbonyl (C=O) groups is 1. The molecule has 0 fully saturated rings. The van der Waals surface area contributed by atoms with Crippen molar-refractivity contribution < 1.29 is 13.2 Å². The predicted octanol–water partition coefficient (Wildman–Crippen LogP) is 5.00. The summed E-state index contributed by atoms with van der Waals surface area (Å²) in [6.07, 6.45) is 6.44. The number of nitrogens with zero attached hydrogens (tertiary/aromatic N) is 3. The summed E-state index contributed by atoms with van der Waals surface area (Å²) in [5.41, 5.74) is 6.18. The van der Waals surface area contributed by atoms with Gasteiger partial charge in [-0.05, 0) is 60.5 Å². The van der Waals surface area contributed by atoms with E-state index >= 15 is 0 Å². The van der Waals surface area contributed by atoms with Gasteiger partial charge in [0.25, 0.3) is 5.91 Å². The van der Waals surface area contributed by atoms with Crippen molar-refractivity contribution in [2.45, 2.75) is 18.4 Å². The van der Waals surface area contributed by atoms with Crippen molar-refractivity contribution in [3.05, 3.63) is 108 Å². The Hall–Kier alpha value is -4.43. The molecule has 0 aliphatic carbocycles. The van der Waals surface area contributed by atoms with Crippen molar-refractivity contribution in [3.8, 4) is 22.4 Å². The van der Waals surface area contributed by atoms with Crippen molar-refractivity contribution in [1.82, 2.24) is 20.3 Å². The average molecular weight is 509 g/mol. The Morgan fingerprint density at radius 3 is 2.49 bits per heavy atom. The van der Waals surface area contributed by atoms with Gasteiger partial charge in [-0.2, -0.15) is 0 Å². The molecule has 5 aromatic rings. The molecule has 3 aromatic heterocycles.